The van der Waals surface area contributed by atoms with Crippen LogP contribution in [0.4, 0.5) is 0 Å². The van der Waals surface area contributed by atoms with Gasteiger partial charge in [-0.15, -0.1) is 0 Å². The summed E-state index contributed by atoms with van der Waals surface area (Å²) in [6.45, 7) is 4.53. The maximum atomic E-state index is 10.6. The van der Waals surface area contributed by atoms with E-state index in [9.17, 15) is 10.2 Å². The molecule has 8 atom stereocenters. The van der Waals surface area contributed by atoms with Crippen LogP contribution in [-0.2, 0) is 18.9 Å². The molecule has 6 nitrogen and oxygen atoms in total. The molecule has 0 spiro atoms. The van der Waals surface area contributed by atoms with E-state index in [1.54, 1.807) is 0 Å². The van der Waals surface area contributed by atoms with Crippen molar-refractivity contribution in [3.05, 3.63) is 35.9 Å². The van der Waals surface area contributed by atoms with Crippen LogP contribution in [0.2, 0.25) is 0 Å². The highest BCUT2D eigenvalue weighted by atomic mass is 16.7. The molecule has 0 saturated carbocycles. The predicted octanol–water partition coefficient (Wildman–Crippen LogP) is 2.19. The fourth-order valence-corrected chi connectivity index (χ4v) is 4.47. The molecule has 0 amide bonds. The summed E-state index contributed by atoms with van der Waals surface area (Å²) in [7, 11) is 0. The van der Waals surface area contributed by atoms with Gasteiger partial charge < -0.3 is 29.2 Å². The smallest absolute Gasteiger partial charge is 0.184 e. The summed E-state index contributed by atoms with van der Waals surface area (Å²) in [6.07, 6.45) is 0.190. The van der Waals surface area contributed by atoms with Gasteiger partial charge in [0.1, 0.15) is 6.10 Å². The number of aliphatic hydroxyl groups excluding tert-OH is 2. The number of hydrogen-bond donors (Lipinski definition) is 2. The van der Waals surface area contributed by atoms with Gasteiger partial charge in [0.15, 0.2) is 6.29 Å². The van der Waals surface area contributed by atoms with Gasteiger partial charge in [-0.3, -0.25) is 0 Å². The Morgan fingerprint density at radius 3 is 2.70 bits per heavy atom. The van der Waals surface area contributed by atoms with Crippen LogP contribution >= 0.6 is 0 Å². The van der Waals surface area contributed by atoms with Crippen molar-refractivity contribution in [2.75, 3.05) is 13.2 Å². The highest BCUT2D eigenvalue weighted by Crippen LogP contribution is 2.44. The maximum absolute atomic E-state index is 10.6. The highest BCUT2D eigenvalue weighted by molar-refractivity contribution is 5.16. The summed E-state index contributed by atoms with van der Waals surface area (Å²) in [5.41, 5.74) is 0.449. The molecule has 27 heavy (non-hydrogen) atoms. The number of fused-ring (bicyclic) bond motifs is 2. The minimum atomic E-state index is -0.598. The van der Waals surface area contributed by atoms with Crippen molar-refractivity contribution < 1.29 is 29.2 Å². The molecule has 1 unspecified atom stereocenters. The van der Waals surface area contributed by atoms with Crippen molar-refractivity contribution in [1.82, 2.24) is 0 Å². The Labute approximate surface area is 160 Å². The van der Waals surface area contributed by atoms with Crippen LogP contribution in [-0.4, -0.2) is 59.5 Å². The SMILES string of the molecule is CC(CO)C[C@@H]1O[C@@H]2C[C@@H]3O[C@H](c4ccccc4)OC[C@H]3O[C@@]2(C)C[C@H]1O. The molecule has 4 rings (SSSR count). The first-order valence-electron chi connectivity index (χ1n) is 9.92. The van der Waals surface area contributed by atoms with Gasteiger partial charge in [-0.05, 0) is 19.3 Å². The molecule has 1 aromatic rings. The highest BCUT2D eigenvalue weighted by Gasteiger charge is 2.54. The number of rotatable bonds is 4. The van der Waals surface area contributed by atoms with E-state index < -0.39 is 11.7 Å². The monoisotopic (exact) mass is 378 g/mol. The number of aliphatic hydroxyl groups is 2. The lowest BCUT2D eigenvalue weighted by atomic mass is 9.79. The van der Waals surface area contributed by atoms with E-state index >= 15 is 0 Å². The molecule has 3 aliphatic heterocycles. The summed E-state index contributed by atoms with van der Waals surface area (Å²) < 4.78 is 24.7. The van der Waals surface area contributed by atoms with Crippen molar-refractivity contribution in [3.63, 3.8) is 0 Å². The quantitative estimate of drug-likeness (QED) is 0.836. The van der Waals surface area contributed by atoms with Crippen LogP contribution in [0.25, 0.3) is 0 Å². The molecule has 6 heteroatoms. The summed E-state index contributed by atoms with van der Waals surface area (Å²) in [4.78, 5) is 0. The first-order valence-corrected chi connectivity index (χ1v) is 9.92. The Morgan fingerprint density at radius 1 is 1.19 bits per heavy atom. The summed E-state index contributed by atoms with van der Waals surface area (Å²) in [5, 5.41) is 19.9. The zero-order chi connectivity index (χ0) is 19.0. The molecular formula is C21H30O6. The summed E-state index contributed by atoms with van der Waals surface area (Å²) >= 11 is 0. The molecule has 0 radical (unpaired) electrons. The average Bonchev–Trinajstić information content (AvgIpc) is 2.67. The lowest BCUT2D eigenvalue weighted by molar-refractivity contribution is -0.345. The second kappa shape index (κ2) is 7.78. The van der Waals surface area contributed by atoms with Crippen molar-refractivity contribution in [2.45, 2.75) is 75.5 Å². The van der Waals surface area contributed by atoms with Gasteiger partial charge in [0.05, 0.1) is 36.6 Å². The molecule has 0 bridgehead atoms. The number of hydrogen-bond acceptors (Lipinski definition) is 6. The van der Waals surface area contributed by atoms with Crippen LogP contribution in [0, 0.1) is 5.92 Å². The minimum absolute atomic E-state index is 0.0908. The largest absolute Gasteiger partial charge is 0.396 e. The number of ether oxygens (including phenoxy) is 4. The van der Waals surface area contributed by atoms with Crippen molar-refractivity contribution in [3.8, 4) is 0 Å². The first-order chi connectivity index (χ1) is 13.0. The predicted molar refractivity (Wildman–Crippen MR) is 98.1 cm³/mol. The van der Waals surface area contributed by atoms with Gasteiger partial charge in [0, 0.05) is 25.0 Å². The van der Waals surface area contributed by atoms with Crippen LogP contribution in [0.3, 0.4) is 0 Å². The van der Waals surface area contributed by atoms with Gasteiger partial charge in [-0.1, -0.05) is 37.3 Å². The summed E-state index contributed by atoms with van der Waals surface area (Å²) in [5.74, 6) is 0.0908. The molecule has 3 fully saturated rings. The van der Waals surface area contributed by atoms with Gasteiger partial charge in [0.25, 0.3) is 0 Å². The normalized spacial score (nSPS) is 42.8. The molecule has 0 aliphatic carbocycles. The van der Waals surface area contributed by atoms with Crippen LogP contribution < -0.4 is 0 Å². The number of benzene rings is 1. The van der Waals surface area contributed by atoms with E-state index in [0.717, 1.165) is 5.56 Å². The second-order valence-corrected chi connectivity index (χ2v) is 8.41. The van der Waals surface area contributed by atoms with Crippen LogP contribution in [0.15, 0.2) is 30.3 Å². The van der Waals surface area contributed by atoms with E-state index in [-0.39, 0.29) is 43.2 Å². The zero-order valence-corrected chi connectivity index (χ0v) is 16.0. The van der Waals surface area contributed by atoms with Gasteiger partial charge in [-0.2, -0.15) is 0 Å². The lowest BCUT2D eigenvalue weighted by Gasteiger charge is -2.54. The fraction of sp³-hybridized carbons (Fsp3) is 0.714. The van der Waals surface area contributed by atoms with Crippen molar-refractivity contribution in [2.24, 2.45) is 5.92 Å². The van der Waals surface area contributed by atoms with Gasteiger partial charge >= 0.3 is 0 Å². The van der Waals surface area contributed by atoms with Gasteiger partial charge in [-0.25, -0.2) is 0 Å². The van der Waals surface area contributed by atoms with E-state index in [4.69, 9.17) is 18.9 Å². The first kappa shape index (κ1) is 19.3. The third kappa shape index (κ3) is 3.92. The van der Waals surface area contributed by atoms with E-state index in [1.807, 2.05) is 44.2 Å². The lowest BCUT2D eigenvalue weighted by Crippen LogP contribution is -2.64. The van der Waals surface area contributed by atoms with E-state index in [0.29, 0.717) is 25.9 Å². The van der Waals surface area contributed by atoms with Crippen molar-refractivity contribution in [1.29, 1.82) is 0 Å². The Balaban J connectivity index is 1.45. The summed E-state index contributed by atoms with van der Waals surface area (Å²) in [6, 6.07) is 9.92. The van der Waals surface area contributed by atoms with Crippen LogP contribution in [0.5, 0.6) is 0 Å². The third-order valence-electron chi connectivity index (χ3n) is 6.07. The standard InChI is InChI=1S/C21H30O6/c1-13(11-22)8-16-15(23)10-21(2)19(25-16)9-17-18(27-21)12-24-20(26-17)14-6-4-3-5-7-14/h3-7,13,15-20,22-23H,8-12H2,1-2H3/t13?,15-,16+,17+,18-,19-,20-,21+/m1/s1. The molecule has 1 aromatic carbocycles. The second-order valence-electron chi connectivity index (χ2n) is 8.41. The van der Waals surface area contributed by atoms with Crippen molar-refractivity contribution >= 4 is 0 Å². The Hall–Kier alpha value is -1.02. The van der Waals surface area contributed by atoms with E-state index in [2.05, 4.69) is 0 Å². The molecule has 3 saturated heterocycles. The maximum Gasteiger partial charge on any atom is 0.184 e. The Kier molecular flexibility index (Phi) is 5.56. The molecule has 2 N–H and O–H groups in total. The van der Waals surface area contributed by atoms with Gasteiger partial charge in [0.2, 0.25) is 0 Å². The zero-order valence-electron chi connectivity index (χ0n) is 16.0. The molecule has 3 heterocycles. The Bertz CT molecular complexity index is 624. The van der Waals surface area contributed by atoms with E-state index in [1.165, 1.54) is 0 Å². The topological polar surface area (TPSA) is 77.4 Å². The Morgan fingerprint density at radius 2 is 1.96 bits per heavy atom. The molecule has 150 valence electrons. The molecular weight excluding hydrogens is 348 g/mol. The average molecular weight is 378 g/mol. The fourth-order valence-electron chi connectivity index (χ4n) is 4.47. The third-order valence-corrected chi connectivity index (χ3v) is 6.07. The minimum Gasteiger partial charge on any atom is -0.396 e. The van der Waals surface area contributed by atoms with Crippen LogP contribution in [0.1, 0.15) is 45.0 Å². The molecule has 0 aromatic heterocycles. The molecule has 3 aliphatic rings.